The van der Waals surface area contributed by atoms with Gasteiger partial charge in [-0.1, -0.05) is 12.1 Å². The van der Waals surface area contributed by atoms with Crippen LogP contribution in [0.4, 0.5) is 5.69 Å². The van der Waals surface area contributed by atoms with Gasteiger partial charge in [0, 0.05) is 25.9 Å². The summed E-state index contributed by atoms with van der Waals surface area (Å²) < 4.78 is 4.74. The van der Waals surface area contributed by atoms with Crippen LogP contribution in [0.5, 0.6) is 0 Å². The molecule has 0 aliphatic heterocycles. The molecule has 0 radical (unpaired) electrons. The summed E-state index contributed by atoms with van der Waals surface area (Å²) in [5.41, 5.74) is 0.816. The monoisotopic (exact) mass is 304 g/mol. The van der Waals surface area contributed by atoms with Crippen LogP contribution in [0.3, 0.4) is 0 Å². The molecule has 22 heavy (non-hydrogen) atoms. The molecule has 1 aromatic carbocycles. The summed E-state index contributed by atoms with van der Waals surface area (Å²) >= 11 is 0. The summed E-state index contributed by atoms with van der Waals surface area (Å²) in [7, 11) is 1.30. The number of benzene rings is 1. The van der Waals surface area contributed by atoms with Crippen molar-refractivity contribution < 1.29 is 19.1 Å². The zero-order valence-corrected chi connectivity index (χ0v) is 12.8. The van der Waals surface area contributed by atoms with E-state index >= 15 is 0 Å². The Morgan fingerprint density at radius 3 is 2.55 bits per heavy atom. The average Bonchev–Trinajstić information content (AvgIpc) is 3.35. The van der Waals surface area contributed by atoms with Crippen molar-refractivity contribution in [1.29, 1.82) is 0 Å². The third kappa shape index (κ3) is 3.84. The summed E-state index contributed by atoms with van der Waals surface area (Å²) in [6.07, 6.45) is 1.88. The fourth-order valence-corrected chi connectivity index (χ4v) is 2.22. The van der Waals surface area contributed by atoms with E-state index < -0.39 is 5.97 Å². The normalized spacial score (nSPS) is 13.4. The van der Waals surface area contributed by atoms with Gasteiger partial charge in [-0.3, -0.25) is 9.59 Å². The molecule has 6 heteroatoms. The molecule has 1 fully saturated rings. The fraction of sp³-hybridized carbons (Fsp3) is 0.438. The zero-order chi connectivity index (χ0) is 16.1. The fourth-order valence-electron chi connectivity index (χ4n) is 2.22. The molecule has 0 bridgehead atoms. The molecule has 2 amide bonds. The van der Waals surface area contributed by atoms with Crippen LogP contribution >= 0.6 is 0 Å². The molecule has 2 rings (SSSR count). The number of carbonyl (C=O) groups excluding carboxylic acids is 3. The number of carbonyl (C=O) groups is 3. The third-order valence-electron chi connectivity index (χ3n) is 3.56. The lowest BCUT2D eigenvalue weighted by Gasteiger charge is -2.23. The van der Waals surface area contributed by atoms with Crippen LogP contribution in [-0.4, -0.2) is 38.0 Å². The predicted molar refractivity (Wildman–Crippen MR) is 81.5 cm³/mol. The van der Waals surface area contributed by atoms with Gasteiger partial charge in [-0.25, -0.2) is 4.79 Å². The summed E-state index contributed by atoms with van der Waals surface area (Å²) in [4.78, 5) is 36.8. The Labute approximate surface area is 129 Å². The highest BCUT2D eigenvalue weighted by atomic mass is 16.5. The van der Waals surface area contributed by atoms with Crippen molar-refractivity contribution in [3.05, 3.63) is 29.8 Å². The lowest BCUT2D eigenvalue weighted by Crippen LogP contribution is -2.38. The molecule has 1 aliphatic rings. The Balaban J connectivity index is 2.08. The van der Waals surface area contributed by atoms with Crippen LogP contribution in [0.2, 0.25) is 0 Å². The van der Waals surface area contributed by atoms with E-state index in [1.807, 2.05) is 0 Å². The molecule has 0 unspecified atom stereocenters. The second-order valence-corrected chi connectivity index (χ2v) is 5.24. The summed E-state index contributed by atoms with van der Waals surface area (Å²) in [6.45, 7) is 2.09. The first-order valence-electron chi connectivity index (χ1n) is 7.27. The number of methoxy groups -OCH3 is 1. The number of esters is 1. The minimum absolute atomic E-state index is 0.0322. The van der Waals surface area contributed by atoms with Gasteiger partial charge >= 0.3 is 5.97 Å². The van der Waals surface area contributed by atoms with Gasteiger partial charge in [-0.05, 0) is 25.0 Å². The Hall–Kier alpha value is -2.37. The maximum Gasteiger partial charge on any atom is 0.339 e. The molecular formula is C16H20N2O4. The molecule has 0 atom stereocenters. The largest absolute Gasteiger partial charge is 0.465 e. The number of hydrogen-bond donors (Lipinski definition) is 1. The van der Waals surface area contributed by atoms with Crippen LogP contribution in [0.1, 0.15) is 30.1 Å². The van der Waals surface area contributed by atoms with Crippen molar-refractivity contribution in [3.8, 4) is 0 Å². The van der Waals surface area contributed by atoms with Crippen LogP contribution in [0, 0.1) is 5.92 Å². The van der Waals surface area contributed by atoms with E-state index in [1.165, 1.54) is 18.9 Å². The van der Waals surface area contributed by atoms with Crippen LogP contribution < -0.4 is 10.2 Å². The van der Waals surface area contributed by atoms with E-state index in [9.17, 15) is 14.4 Å². The molecule has 6 nitrogen and oxygen atoms in total. The number of amides is 2. The van der Waals surface area contributed by atoms with E-state index in [0.717, 1.165) is 12.8 Å². The van der Waals surface area contributed by atoms with Gasteiger partial charge in [0.1, 0.15) is 0 Å². The lowest BCUT2D eigenvalue weighted by atomic mass is 10.1. The molecular weight excluding hydrogens is 284 g/mol. The molecule has 0 aromatic heterocycles. The van der Waals surface area contributed by atoms with E-state index in [0.29, 0.717) is 24.3 Å². The number of hydrogen-bond acceptors (Lipinski definition) is 4. The molecule has 0 heterocycles. The SMILES string of the molecule is COC(=O)c1ccccc1N(CCNC(=O)C1CC1)C(C)=O. The number of nitrogens with one attached hydrogen (secondary N) is 1. The highest BCUT2D eigenvalue weighted by Gasteiger charge is 2.29. The first-order valence-corrected chi connectivity index (χ1v) is 7.27. The second kappa shape index (κ2) is 7.06. The second-order valence-electron chi connectivity index (χ2n) is 5.24. The highest BCUT2D eigenvalue weighted by Crippen LogP contribution is 2.28. The van der Waals surface area contributed by atoms with Crippen molar-refractivity contribution in [3.63, 3.8) is 0 Å². The molecule has 1 N–H and O–H groups in total. The molecule has 0 saturated heterocycles. The van der Waals surface area contributed by atoms with Crippen molar-refractivity contribution >= 4 is 23.5 Å². The smallest absolute Gasteiger partial charge is 0.339 e. The van der Waals surface area contributed by atoms with E-state index in [-0.39, 0.29) is 17.7 Å². The molecule has 1 saturated carbocycles. The van der Waals surface area contributed by atoms with Gasteiger partial charge in [0.2, 0.25) is 11.8 Å². The highest BCUT2D eigenvalue weighted by molar-refractivity contribution is 6.01. The third-order valence-corrected chi connectivity index (χ3v) is 3.56. The van der Waals surface area contributed by atoms with Crippen LogP contribution in [0.25, 0.3) is 0 Å². The lowest BCUT2D eigenvalue weighted by molar-refractivity contribution is -0.122. The number of para-hydroxylation sites is 1. The number of ether oxygens (including phenoxy) is 1. The van der Waals surface area contributed by atoms with Gasteiger partial charge in [0.15, 0.2) is 0 Å². The minimum atomic E-state index is -0.496. The Morgan fingerprint density at radius 1 is 1.27 bits per heavy atom. The first kappa shape index (κ1) is 16.0. The number of anilines is 1. The quantitative estimate of drug-likeness (QED) is 0.805. The number of rotatable bonds is 6. The van der Waals surface area contributed by atoms with Gasteiger partial charge in [-0.2, -0.15) is 0 Å². The van der Waals surface area contributed by atoms with Gasteiger partial charge in [-0.15, -0.1) is 0 Å². The minimum Gasteiger partial charge on any atom is -0.465 e. The predicted octanol–water partition coefficient (Wildman–Crippen LogP) is 1.35. The van der Waals surface area contributed by atoms with Gasteiger partial charge in [0.25, 0.3) is 0 Å². The van der Waals surface area contributed by atoms with Gasteiger partial charge < -0.3 is 15.0 Å². The molecule has 1 aromatic rings. The average molecular weight is 304 g/mol. The topological polar surface area (TPSA) is 75.7 Å². The van der Waals surface area contributed by atoms with Crippen molar-refractivity contribution in [2.75, 3.05) is 25.1 Å². The van der Waals surface area contributed by atoms with Crippen molar-refractivity contribution in [1.82, 2.24) is 5.32 Å². The first-order chi connectivity index (χ1) is 10.5. The Kier molecular flexibility index (Phi) is 5.14. The summed E-state index contributed by atoms with van der Waals surface area (Å²) in [6, 6.07) is 6.76. The van der Waals surface area contributed by atoms with Crippen molar-refractivity contribution in [2.24, 2.45) is 5.92 Å². The van der Waals surface area contributed by atoms with E-state index in [1.54, 1.807) is 24.3 Å². The van der Waals surface area contributed by atoms with Crippen molar-refractivity contribution in [2.45, 2.75) is 19.8 Å². The molecule has 1 aliphatic carbocycles. The van der Waals surface area contributed by atoms with Crippen LogP contribution in [0.15, 0.2) is 24.3 Å². The van der Waals surface area contributed by atoms with E-state index in [2.05, 4.69) is 5.32 Å². The standard InChI is InChI=1S/C16H20N2O4/c1-11(19)18(10-9-17-15(20)12-7-8-12)14-6-4-3-5-13(14)16(21)22-2/h3-6,12H,7-10H2,1-2H3,(H,17,20). The summed E-state index contributed by atoms with van der Waals surface area (Å²) in [5.74, 6) is -0.529. The molecule has 118 valence electrons. The summed E-state index contributed by atoms with van der Waals surface area (Å²) in [5, 5.41) is 2.81. The maximum absolute atomic E-state index is 11.9. The Morgan fingerprint density at radius 2 is 1.95 bits per heavy atom. The maximum atomic E-state index is 11.9. The Bertz CT molecular complexity index is 581. The van der Waals surface area contributed by atoms with Crippen LogP contribution in [-0.2, 0) is 14.3 Å². The number of nitrogens with zero attached hydrogens (tertiary/aromatic N) is 1. The van der Waals surface area contributed by atoms with Gasteiger partial charge in [0.05, 0.1) is 18.4 Å². The molecule has 0 spiro atoms. The van der Waals surface area contributed by atoms with E-state index in [4.69, 9.17) is 4.74 Å². The zero-order valence-electron chi connectivity index (χ0n) is 12.8.